The number of rotatable bonds is 3. The van der Waals surface area contributed by atoms with Crippen LogP contribution < -0.4 is 0 Å². The third-order valence-corrected chi connectivity index (χ3v) is 11.1. The van der Waals surface area contributed by atoms with Crippen molar-refractivity contribution in [3.05, 3.63) is 181 Å². The second-order valence-electron chi connectivity index (χ2n) is 14.0. The van der Waals surface area contributed by atoms with Gasteiger partial charge in [0.25, 0.3) is 0 Å². The molecule has 0 heterocycles. The highest BCUT2D eigenvalue weighted by atomic mass is 14.4. The lowest BCUT2D eigenvalue weighted by atomic mass is 9.80. The molecule has 0 unspecified atom stereocenters. The summed E-state index contributed by atoms with van der Waals surface area (Å²) in [5.41, 5.74) is 13.1. The first-order valence-corrected chi connectivity index (χ1v) is 17.3. The first-order valence-electron chi connectivity index (χ1n) is 17.3. The van der Waals surface area contributed by atoms with Crippen molar-refractivity contribution in [1.82, 2.24) is 0 Å². The molecule has 1 aliphatic rings. The predicted molar refractivity (Wildman–Crippen MR) is 210 cm³/mol. The summed E-state index contributed by atoms with van der Waals surface area (Å²) in [6, 6.07) is 63.0. The molecule has 0 saturated carbocycles. The van der Waals surface area contributed by atoms with Gasteiger partial charge in [-0.05, 0) is 98.7 Å². The molecule has 0 radical (unpaired) electrons. The Morgan fingerprint density at radius 2 is 0.755 bits per heavy atom. The number of fused-ring (bicyclic) bond motifs is 8. The van der Waals surface area contributed by atoms with Crippen molar-refractivity contribution in [1.29, 1.82) is 0 Å². The van der Waals surface area contributed by atoms with Crippen LogP contribution in [0.2, 0.25) is 0 Å². The maximum absolute atomic E-state index is 2.39. The lowest BCUT2D eigenvalue weighted by molar-refractivity contribution is 0.661. The molecular formula is C49H34. The van der Waals surface area contributed by atoms with Crippen LogP contribution in [-0.4, -0.2) is 0 Å². The molecular weight excluding hydrogens is 589 g/mol. The van der Waals surface area contributed by atoms with Crippen LogP contribution in [-0.2, 0) is 5.41 Å². The van der Waals surface area contributed by atoms with Crippen molar-refractivity contribution in [2.24, 2.45) is 0 Å². The normalized spacial score (nSPS) is 13.3. The van der Waals surface area contributed by atoms with Crippen LogP contribution in [0.3, 0.4) is 0 Å². The van der Waals surface area contributed by atoms with Gasteiger partial charge in [-0.1, -0.05) is 184 Å². The summed E-state index contributed by atoms with van der Waals surface area (Å²) in [4.78, 5) is 0. The molecule has 0 amide bonds. The summed E-state index contributed by atoms with van der Waals surface area (Å²) in [6.45, 7) is 4.77. The molecule has 0 saturated heterocycles. The van der Waals surface area contributed by atoms with Gasteiger partial charge in [0.15, 0.2) is 0 Å². The molecule has 1 aliphatic carbocycles. The van der Waals surface area contributed by atoms with E-state index in [1.54, 1.807) is 0 Å². The predicted octanol–water partition coefficient (Wildman–Crippen LogP) is 13.6. The molecule has 0 atom stereocenters. The zero-order chi connectivity index (χ0) is 32.7. The molecule has 0 nitrogen and oxygen atoms in total. The van der Waals surface area contributed by atoms with Crippen LogP contribution in [0, 0.1) is 0 Å². The van der Waals surface area contributed by atoms with Gasteiger partial charge in [-0.3, -0.25) is 0 Å². The van der Waals surface area contributed by atoms with E-state index in [1.165, 1.54) is 98.7 Å². The fourth-order valence-corrected chi connectivity index (χ4v) is 8.78. The third kappa shape index (κ3) is 4.04. The topological polar surface area (TPSA) is 0 Å². The quantitative estimate of drug-likeness (QED) is 0.172. The van der Waals surface area contributed by atoms with Crippen LogP contribution in [0.5, 0.6) is 0 Å². The van der Waals surface area contributed by atoms with E-state index in [9.17, 15) is 0 Å². The highest BCUT2D eigenvalue weighted by Gasteiger charge is 2.38. The van der Waals surface area contributed by atoms with Crippen LogP contribution in [0.1, 0.15) is 25.0 Å². The summed E-state index contributed by atoms with van der Waals surface area (Å²) >= 11 is 0. The molecule has 230 valence electrons. The van der Waals surface area contributed by atoms with Crippen molar-refractivity contribution in [2.75, 3.05) is 0 Å². The van der Waals surface area contributed by atoms with Gasteiger partial charge in [-0.25, -0.2) is 0 Å². The first-order chi connectivity index (χ1) is 24.1. The van der Waals surface area contributed by atoms with Gasteiger partial charge in [0.2, 0.25) is 0 Å². The zero-order valence-corrected chi connectivity index (χ0v) is 27.7. The largest absolute Gasteiger partial charge is 0.0616 e. The molecule has 0 heteroatoms. The molecule has 0 aromatic heterocycles. The summed E-state index contributed by atoms with van der Waals surface area (Å²) in [5, 5.41) is 10.3. The maximum Gasteiger partial charge on any atom is 0.0159 e. The van der Waals surface area contributed by atoms with Crippen molar-refractivity contribution in [2.45, 2.75) is 19.3 Å². The highest BCUT2D eigenvalue weighted by molar-refractivity contribution is 6.23. The smallest absolute Gasteiger partial charge is 0.0159 e. The molecule has 9 aromatic carbocycles. The summed E-state index contributed by atoms with van der Waals surface area (Å²) in [6.07, 6.45) is 0. The Morgan fingerprint density at radius 3 is 1.43 bits per heavy atom. The SMILES string of the molecule is CC1(C)c2cccc(-c3c4ccccc4c(-c4ccc(-c5cccc6ccccc56)cc4)c4ccccc34)c2-c2c1ccc1ccccc21. The molecule has 0 aliphatic heterocycles. The average Bonchev–Trinajstić information content (AvgIpc) is 3.40. The van der Waals surface area contributed by atoms with Crippen LogP contribution in [0.25, 0.3) is 87.6 Å². The molecule has 9 aromatic rings. The number of hydrogen-bond donors (Lipinski definition) is 0. The van der Waals surface area contributed by atoms with E-state index in [-0.39, 0.29) is 5.41 Å². The van der Waals surface area contributed by atoms with Gasteiger partial charge in [0.1, 0.15) is 0 Å². The van der Waals surface area contributed by atoms with Crippen LogP contribution in [0.15, 0.2) is 170 Å². The summed E-state index contributed by atoms with van der Waals surface area (Å²) in [5.74, 6) is 0. The molecule has 0 spiro atoms. The second kappa shape index (κ2) is 10.5. The Bertz CT molecular complexity index is 2720. The van der Waals surface area contributed by atoms with Gasteiger partial charge in [-0.15, -0.1) is 0 Å². The van der Waals surface area contributed by atoms with E-state index in [1.807, 2.05) is 0 Å². The fourth-order valence-electron chi connectivity index (χ4n) is 8.78. The van der Waals surface area contributed by atoms with Crippen molar-refractivity contribution in [3.63, 3.8) is 0 Å². The molecule has 49 heavy (non-hydrogen) atoms. The van der Waals surface area contributed by atoms with Crippen molar-refractivity contribution >= 4 is 43.1 Å². The molecule has 0 N–H and O–H groups in total. The van der Waals surface area contributed by atoms with Gasteiger partial charge >= 0.3 is 0 Å². The average molecular weight is 623 g/mol. The van der Waals surface area contributed by atoms with Gasteiger partial charge in [0.05, 0.1) is 0 Å². The molecule has 10 rings (SSSR count). The second-order valence-corrected chi connectivity index (χ2v) is 14.0. The lowest BCUT2D eigenvalue weighted by Gasteiger charge is -2.22. The monoisotopic (exact) mass is 622 g/mol. The summed E-state index contributed by atoms with van der Waals surface area (Å²) in [7, 11) is 0. The van der Waals surface area contributed by atoms with E-state index in [2.05, 4.69) is 184 Å². The molecule has 0 fully saturated rings. The van der Waals surface area contributed by atoms with Gasteiger partial charge in [-0.2, -0.15) is 0 Å². The minimum absolute atomic E-state index is 0.0952. The Morgan fingerprint density at radius 1 is 0.286 bits per heavy atom. The van der Waals surface area contributed by atoms with Gasteiger partial charge in [0, 0.05) is 5.41 Å². The van der Waals surface area contributed by atoms with Crippen molar-refractivity contribution < 1.29 is 0 Å². The zero-order valence-electron chi connectivity index (χ0n) is 27.7. The van der Waals surface area contributed by atoms with E-state index in [4.69, 9.17) is 0 Å². The summed E-state index contributed by atoms with van der Waals surface area (Å²) < 4.78 is 0. The standard InChI is InChI=1S/C49H34/c1-49(2)43-24-12-23-42(48(43)47-37-17-6-4-14-32(37)29-30-44(47)49)46-40-20-9-7-18-38(40)45(39-19-8-10-21-41(39)46)34-27-25-33(26-28-34)36-22-11-15-31-13-3-5-16-35(31)36/h3-30H,1-2H3. The minimum Gasteiger partial charge on any atom is -0.0616 e. The van der Waals surface area contributed by atoms with Gasteiger partial charge < -0.3 is 0 Å². The van der Waals surface area contributed by atoms with Crippen LogP contribution in [0.4, 0.5) is 0 Å². The van der Waals surface area contributed by atoms with E-state index >= 15 is 0 Å². The lowest BCUT2D eigenvalue weighted by Crippen LogP contribution is -2.14. The van der Waals surface area contributed by atoms with E-state index in [0.717, 1.165) is 0 Å². The fraction of sp³-hybridized carbons (Fsp3) is 0.0612. The van der Waals surface area contributed by atoms with E-state index < -0.39 is 0 Å². The van der Waals surface area contributed by atoms with Crippen LogP contribution >= 0.6 is 0 Å². The first kappa shape index (κ1) is 28.1. The Kier molecular flexibility index (Phi) is 6.02. The Labute approximate surface area is 286 Å². The Hall–Kier alpha value is -5.98. The van der Waals surface area contributed by atoms with E-state index in [0.29, 0.717) is 0 Å². The minimum atomic E-state index is -0.0952. The number of benzene rings is 9. The highest BCUT2D eigenvalue weighted by Crippen LogP contribution is 2.56. The molecule has 0 bridgehead atoms. The maximum atomic E-state index is 2.39. The van der Waals surface area contributed by atoms with Crippen molar-refractivity contribution in [3.8, 4) is 44.5 Å². The number of hydrogen-bond acceptors (Lipinski definition) is 0. The Balaban J connectivity index is 1.24. The third-order valence-electron chi connectivity index (χ3n) is 11.1.